The molecule has 0 aliphatic carbocycles. The molecule has 0 aromatic heterocycles. The van der Waals surface area contributed by atoms with Gasteiger partial charge in [0.25, 0.3) is 5.91 Å². The van der Waals surface area contributed by atoms with Gasteiger partial charge in [0, 0.05) is 11.7 Å². The van der Waals surface area contributed by atoms with E-state index in [1.165, 1.54) is 0 Å². The Morgan fingerprint density at radius 3 is 2.62 bits per heavy atom. The van der Waals surface area contributed by atoms with Crippen LogP contribution in [0.5, 0.6) is 5.75 Å². The van der Waals surface area contributed by atoms with Gasteiger partial charge in [0.1, 0.15) is 5.75 Å². The van der Waals surface area contributed by atoms with Crippen molar-refractivity contribution in [2.24, 2.45) is 0 Å². The van der Waals surface area contributed by atoms with E-state index in [2.05, 4.69) is 0 Å². The van der Waals surface area contributed by atoms with Crippen LogP contribution in [0, 0.1) is 6.92 Å². The molecule has 0 fully saturated rings. The van der Waals surface area contributed by atoms with Gasteiger partial charge in [-0.1, -0.05) is 36.4 Å². The van der Waals surface area contributed by atoms with E-state index in [1.807, 2.05) is 56.3 Å². The van der Waals surface area contributed by atoms with Crippen molar-refractivity contribution >= 4 is 17.6 Å². The lowest BCUT2D eigenvalue weighted by atomic mass is 10.1. The number of hydrogen-bond acceptors (Lipinski definition) is 4. The van der Waals surface area contributed by atoms with Gasteiger partial charge in [-0.2, -0.15) is 0 Å². The van der Waals surface area contributed by atoms with Crippen LogP contribution in [0.2, 0.25) is 0 Å². The summed E-state index contributed by atoms with van der Waals surface area (Å²) in [7, 11) is 0. The molecule has 2 aromatic rings. The molecular formula is C21H23NO4. The van der Waals surface area contributed by atoms with Gasteiger partial charge in [0.05, 0.1) is 0 Å². The van der Waals surface area contributed by atoms with Crippen molar-refractivity contribution in [1.29, 1.82) is 0 Å². The molecule has 2 aromatic carbocycles. The molecule has 5 heteroatoms. The Hall–Kier alpha value is -2.82. The number of anilines is 1. The minimum absolute atomic E-state index is 0.0456. The van der Waals surface area contributed by atoms with Crippen LogP contribution in [0.15, 0.2) is 48.5 Å². The maximum atomic E-state index is 12.8. The van der Waals surface area contributed by atoms with Gasteiger partial charge < -0.3 is 14.4 Å². The number of rotatable bonds is 5. The van der Waals surface area contributed by atoms with Gasteiger partial charge in [-0.3, -0.25) is 4.79 Å². The molecule has 0 saturated carbocycles. The van der Waals surface area contributed by atoms with Crippen molar-refractivity contribution in [2.75, 3.05) is 11.5 Å². The molecule has 0 saturated heterocycles. The van der Waals surface area contributed by atoms with E-state index in [4.69, 9.17) is 9.47 Å². The number of amides is 1. The van der Waals surface area contributed by atoms with E-state index in [0.717, 1.165) is 23.2 Å². The number of hydrogen-bond donors (Lipinski definition) is 0. The van der Waals surface area contributed by atoms with E-state index in [0.29, 0.717) is 5.75 Å². The second-order valence-electron chi connectivity index (χ2n) is 6.58. The Morgan fingerprint density at radius 1 is 1.15 bits per heavy atom. The van der Waals surface area contributed by atoms with Crippen LogP contribution in [0.25, 0.3) is 0 Å². The van der Waals surface area contributed by atoms with Gasteiger partial charge >= 0.3 is 5.97 Å². The number of carbonyl (C=O) groups excluding carboxylic acids is 2. The Morgan fingerprint density at radius 2 is 1.85 bits per heavy atom. The molecule has 0 unspecified atom stereocenters. The first kappa shape index (κ1) is 18.0. The molecule has 0 N–H and O–H groups in total. The lowest BCUT2D eigenvalue weighted by Gasteiger charge is -2.25. The summed E-state index contributed by atoms with van der Waals surface area (Å²) in [5, 5.41) is 0. The van der Waals surface area contributed by atoms with Crippen molar-refractivity contribution in [3.8, 4) is 5.75 Å². The fraction of sp³-hybridized carbons (Fsp3) is 0.333. The predicted molar refractivity (Wildman–Crippen MR) is 99.3 cm³/mol. The van der Waals surface area contributed by atoms with Crippen LogP contribution in [-0.4, -0.2) is 30.6 Å². The van der Waals surface area contributed by atoms with Crippen molar-refractivity contribution in [2.45, 2.75) is 39.3 Å². The summed E-state index contributed by atoms with van der Waals surface area (Å²) in [5.41, 5.74) is 2.96. The summed E-state index contributed by atoms with van der Waals surface area (Å²) < 4.78 is 10.8. The van der Waals surface area contributed by atoms with Crippen LogP contribution >= 0.6 is 0 Å². The number of ether oxygens (including phenoxy) is 2. The number of nitrogens with zero attached hydrogens (tertiary/aromatic N) is 1. The highest BCUT2D eigenvalue weighted by molar-refractivity contribution is 5.99. The molecule has 1 amide bonds. The fourth-order valence-corrected chi connectivity index (χ4v) is 3.23. The number of carbonyl (C=O) groups is 2. The zero-order valence-electron chi connectivity index (χ0n) is 15.3. The highest BCUT2D eigenvalue weighted by atomic mass is 16.6. The third-order valence-corrected chi connectivity index (χ3v) is 4.54. The van der Waals surface area contributed by atoms with Gasteiger partial charge in [-0.15, -0.1) is 0 Å². The number of esters is 1. The Bertz CT molecular complexity index is 817. The molecule has 2 atom stereocenters. The molecule has 1 heterocycles. The van der Waals surface area contributed by atoms with E-state index >= 15 is 0 Å². The Balaban J connectivity index is 1.59. The molecule has 0 radical (unpaired) electrons. The average Bonchev–Trinajstić information content (AvgIpc) is 2.96. The van der Waals surface area contributed by atoms with Crippen molar-refractivity contribution in [3.05, 3.63) is 59.7 Å². The zero-order valence-corrected chi connectivity index (χ0v) is 15.3. The Kier molecular flexibility index (Phi) is 5.26. The molecular weight excluding hydrogens is 330 g/mol. The van der Waals surface area contributed by atoms with Gasteiger partial charge in [-0.25, -0.2) is 4.79 Å². The smallest absolute Gasteiger partial charge is 0.344 e. The predicted octanol–water partition coefficient (Wildman–Crippen LogP) is 3.28. The summed E-state index contributed by atoms with van der Waals surface area (Å²) in [5.74, 6) is -0.147. The number of aryl methyl sites for hydroxylation is 1. The summed E-state index contributed by atoms with van der Waals surface area (Å²) in [6.45, 7) is 5.27. The normalized spacial score (nSPS) is 16.7. The molecule has 0 spiro atoms. The average molecular weight is 353 g/mol. The van der Waals surface area contributed by atoms with Crippen molar-refractivity contribution in [3.63, 3.8) is 0 Å². The molecule has 1 aliphatic heterocycles. The number of benzene rings is 2. The van der Waals surface area contributed by atoms with Crippen LogP contribution in [0.4, 0.5) is 5.69 Å². The number of para-hydroxylation sites is 2. The van der Waals surface area contributed by atoms with Gasteiger partial charge in [0.15, 0.2) is 12.7 Å². The third kappa shape index (κ3) is 3.72. The topological polar surface area (TPSA) is 55.8 Å². The molecule has 5 nitrogen and oxygen atoms in total. The summed E-state index contributed by atoms with van der Waals surface area (Å²) >= 11 is 0. The first-order valence-electron chi connectivity index (χ1n) is 8.76. The van der Waals surface area contributed by atoms with E-state index < -0.39 is 12.1 Å². The van der Waals surface area contributed by atoms with Crippen LogP contribution in [-0.2, 0) is 20.7 Å². The standard InChI is InChI=1S/C21H23NO4/c1-14-8-4-7-11-19(14)25-13-20(23)26-16(3)21(24)22-15(2)12-17-9-5-6-10-18(17)22/h4-11,15-16H,12-13H2,1-3H3/t15-,16+/m1/s1. The molecule has 0 bridgehead atoms. The maximum absolute atomic E-state index is 12.8. The zero-order chi connectivity index (χ0) is 18.7. The van der Waals surface area contributed by atoms with E-state index in [9.17, 15) is 9.59 Å². The molecule has 136 valence electrons. The summed E-state index contributed by atoms with van der Waals surface area (Å²) in [6, 6.07) is 15.3. The third-order valence-electron chi connectivity index (χ3n) is 4.54. The first-order valence-corrected chi connectivity index (χ1v) is 8.76. The largest absolute Gasteiger partial charge is 0.482 e. The monoisotopic (exact) mass is 353 g/mol. The Labute approximate surface area is 153 Å². The minimum atomic E-state index is -0.864. The SMILES string of the molecule is Cc1ccccc1OCC(=O)O[C@@H](C)C(=O)N1c2ccccc2C[C@H]1C. The lowest BCUT2D eigenvalue weighted by Crippen LogP contribution is -2.43. The number of fused-ring (bicyclic) bond motifs is 1. The highest BCUT2D eigenvalue weighted by Gasteiger charge is 2.34. The van der Waals surface area contributed by atoms with E-state index in [1.54, 1.807) is 17.9 Å². The summed E-state index contributed by atoms with van der Waals surface area (Å²) in [4.78, 5) is 26.6. The van der Waals surface area contributed by atoms with Gasteiger partial charge in [0.2, 0.25) is 0 Å². The first-order chi connectivity index (χ1) is 12.5. The van der Waals surface area contributed by atoms with E-state index in [-0.39, 0.29) is 18.6 Å². The second-order valence-corrected chi connectivity index (χ2v) is 6.58. The molecule has 1 aliphatic rings. The van der Waals surface area contributed by atoms with Crippen LogP contribution < -0.4 is 9.64 Å². The van der Waals surface area contributed by atoms with Crippen molar-refractivity contribution in [1.82, 2.24) is 0 Å². The lowest BCUT2D eigenvalue weighted by molar-refractivity contribution is -0.155. The fourth-order valence-electron chi connectivity index (χ4n) is 3.23. The minimum Gasteiger partial charge on any atom is -0.482 e. The highest BCUT2D eigenvalue weighted by Crippen LogP contribution is 2.32. The molecule has 26 heavy (non-hydrogen) atoms. The second kappa shape index (κ2) is 7.60. The van der Waals surface area contributed by atoms with Crippen molar-refractivity contribution < 1.29 is 19.1 Å². The molecule has 3 rings (SSSR count). The van der Waals surface area contributed by atoms with Crippen LogP contribution in [0.3, 0.4) is 0 Å². The quantitative estimate of drug-likeness (QED) is 0.774. The van der Waals surface area contributed by atoms with Gasteiger partial charge in [-0.05, 0) is 50.5 Å². The summed E-state index contributed by atoms with van der Waals surface area (Å²) in [6.07, 6.45) is -0.0597. The maximum Gasteiger partial charge on any atom is 0.344 e. The van der Waals surface area contributed by atoms with Crippen LogP contribution in [0.1, 0.15) is 25.0 Å².